The van der Waals surface area contributed by atoms with Crippen LogP contribution in [0.4, 0.5) is 0 Å². The Morgan fingerprint density at radius 2 is 1.80 bits per heavy atom. The number of carbonyl (C=O) groups is 2. The zero-order valence-electron chi connectivity index (χ0n) is 9.23. The smallest absolute Gasteiger partial charge is 0.253 e. The maximum atomic E-state index is 11.2. The Hall–Kier alpha value is -1.20. The molecule has 1 heterocycles. The van der Waals surface area contributed by atoms with Crippen molar-refractivity contribution in [3.63, 3.8) is 0 Å². The first kappa shape index (κ1) is 11.9. The standard InChI is InChI=1S/C10H16N2O3/c1-10(15,6-11(2)3)7-12-8(13)4-5-9(12)14/h4-5,15H,6-7H2,1-3H3. The molecule has 0 aromatic carbocycles. The van der Waals surface area contributed by atoms with Gasteiger partial charge in [0.25, 0.3) is 11.8 Å². The van der Waals surface area contributed by atoms with Crippen LogP contribution in [0.3, 0.4) is 0 Å². The van der Waals surface area contributed by atoms with Crippen LogP contribution < -0.4 is 0 Å². The molecular formula is C10H16N2O3. The lowest BCUT2D eigenvalue weighted by molar-refractivity contribution is -0.140. The number of rotatable bonds is 4. The average molecular weight is 212 g/mol. The quantitative estimate of drug-likeness (QED) is 0.621. The van der Waals surface area contributed by atoms with Gasteiger partial charge in [0, 0.05) is 18.7 Å². The molecule has 0 aromatic heterocycles. The van der Waals surface area contributed by atoms with Gasteiger partial charge >= 0.3 is 0 Å². The Balaban J connectivity index is 2.61. The largest absolute Gasteiger partial charge is 0.387 e. The van der Waals surface area contributed by atoms with Gasteiger partial charge in [0.15, 0.2) is 0 Å². The summed E-state index contributed by atoms with van der Waals surface area (Å²) in [6.07, 6.45) is 2.43. The van der Waals surface area contributed by atoms with Crippen molar-refractivity contribution in [2.75, 3.05) is 27.2 Å². The number of imide groups is 1. The maximum absolute atomic E-state index is 11.2. The van der Waals surface area contributed by atoms with Crippen LogP contribution in [-0.4, -0.2) is 59.5 Å². The summed E-state index contributed by atoms with van der Waals surface area (Å²) in [5.74, 6) is -0.724. The molecule has 1 unspecified atom stereocenters. The van der Waals surface area contributed by atoms with Crippen LogP contribution in [0.1, 0.15) is 6.92 Å². The molecule has 84 valence electrons. The molecule has 2 amide bonds. The van der Waals surface area contributed by atoms with Crippen LogP contribution >= 0.6 is 0 Å². The minimum atomic E-state index is -1.08. The Labute approximate surface area is 89.0 Å². The number of carbonyl (C=O) groups excluding carboxylic acids is 2. The van der Waals surface area contributed by atoms with Crippen molar-refractivity contribution in [1.82, 2.24) is 9.80 Å². The molecule has 0 aliphatic carbocycles. The number of hydrogen-bond donors (Lipinski definition) is 1. The summed E-state index contributed by atoms with van der Waals surface area (Å²) < 4.78 is 0. The van der Waals surface area contributed by atoms with Crippen molar-refractivity contribution >= 4 is 11.8 Å². The third-order valence-electron chi connectivity index (χ3n) is 2.06. The maximum Gasteiger partial charge on any atom is 0.253 e. The fourth-order valence-electron chi connectivity index (χ4n) is 1.66. The van der Waals surface area contributed by atoms with Gasteiger partial charge in [-0.05, 0) is 21.0 Å². The fraction of sp³-hybridized carbons (Fsp3) is 0.600. The van der Waals surface area contributed by atoms with Crippen molar-refractivity contribution in [1.29, 1.82) is 0 Å². The highest BCUT2D eigenvalue weighted by atomic mass is 16.3. The monoisotopic (exact) mass is 212 g/mol. The molecule has 1 aliphatic rings. The van der Waals surface area contributed by atoms with E-state index in [4.69, 9.17) is 0 Å². The molecule has 0 bridgehead atoms. The number of β-amino-alcohol motifs (C(OH)–C–C–N with tert-alkyl or cyclic N) is 1. The SMILES string of the molecule is CN(C)CC(C)(O)CN1C(=O)C=CC1=O. The number of amides is 2. The van der Waals surface area contributed by atoms with E-state index in [0.717, 1.165) is 4.90 Å². The highest BCUT2D eigenvalue weighted by Crippen LogP contribution is 2.12. The highest BCUT2D eigenvalue weighted by molar-refractivity contribution is 6.12. The van der Waals surface area contributed by atoms with E-state index < -0.39 is 5.60 Å². The summed E-state index contributed by atoms with van der Waals surface area (Å²) in [7, 11) is 3.64. The normalized spacial score (nSPS) is 20.2. The zero-order valence-corrected chi connectivity index (χ0v) is 9.23. The second kappa shape index (κ2) is 4.12. The molecule has 0 saturated heterocycles. The molecule has 1 atom stereocenters. The van der Waals surface area contributed by atoms with Crippen LogP contribution in [0.5, 0.6) is 0 Å². The number of nitrogens with zero attached hydrogens (tertiary/aromatic N) is 2. The third-order valence-corrected chi connectivity index (χ3v) is 2.06. The fourth-order valence-corrected chi connectivity index (χ4v) is 1.66. The van der Waals surface area contributed by atoms with Gasteiger partial charge in [-0.25, -0.2) is 0 Å². The van der Waals surface area contributed by atoms with E-state index in [9.17, 15) is 14.7 Å². The summed E-state index contributed by atoms with van der Waals surface area (Å²) in [6.45, 7) is 2.02. The van der Waals surface area contributed by atoms with E-state index >= 15 is 0 Å². The highest BCUT2D eigenvalue weighted by Gasteiger charge is 2.32. The van der Waals surface area contributed by atoms with Gasteiger partial charge in [-0.3, -0.25) is 14.5 Å². The van der Waals surface area contributed by atoms with E-state index in [-0.39, 0.29) is 18.4 Å². The second-order valence-corrected chi connectivity index (χ2v) is 4.33. The summed E-state index contributed by atoms with van der Waals surface area (Å²) >= 11 is 0. The van der Waals surface area contributed by atoms with Gasteiger partial charge in [0.05, 0.1) is 12.1 Å². The summed E-state index contributed by atoms with van der Waals surface area (Å²) in [5, 5.41) is 9.97. The Kier molecular flexibility index (Phi) is 3.26. The van der Waals surface area contributed by atoms with E-state index in [1.54, 1.807) is 11.8 Å². The molecular weight excluding hydrogens is 196 g/mol. The van der Waals surface area contributed by atoms with Gasteiger partial charge in [0.2, 0.25) is 0 Å². The summed E-state index contributed by atoms with van der Waals surface area (Å²) in [4.78, 5) is 25.3. The molecule has 1 aliphatic heterocycles. The average Bonchev–Trinajstić information content (AvgIpc) is 2.33. The molecule has 5 nitrogen and oxygen atoms in total. The second-order valence-electron chi connectivity index (χ2n) is 4.33. The minimum absolute atomic E-state index is 0.0237. The predicted molar refractivity (Wildman–Crippen MR) is 55.0 cm³/mol. The van der Waals surface area contributed by atoms with Crippen LogP contribution in [-0.2, 0) is 9.59 Å². The van der Waals surface area contributed by atoms with Crippen molar-refractivity contribution in [2.45, 2.75) is 12.5 Å². The molecule has 0 spiro atoms. The first-order chi connectivity index (χ1) is 6.82. The van der Waals surface area contributed by atoms with Crippen LogP contribution in [0.2, 0.25) is 0 Å². The first-order valence-electron chi connectivity index (χ1n) is 4.72. The topological polar surface area (TPSA) is 60.9 Å². The molecule has 0 fully saturated rings. The van der Waals surface area contributed by atoms with E-state index in [1.165, 1.54) is 12.2 Å². The molecule has 5 heteroatoms. The lowest BCUT2D eigenvalue weighted by Crippen LogP contribution is -2.49. The summed E-state index contributed by atoms with van der Waals surface area (Å²) in [6, 6.07) is 0. The molecule has 0 aromatic rings. The molecule has 0 radical (unpaired) electrons. The third kappa shape index (κ3) is 3.14. The molecule has 1 N–H and O–H groups in total. The van der Waals surface area contributed by atoms with Crippen LogP contribution in [0.25, 0.3) is 0 Å². The van der Waals surface area contributed by atoms with Crippen molar-refractivity contribution in [3.05, 3.63) is 12.2 Å². The first-order valence-corrected chi connectivity index (χ1v) is 4.72. The van der Waals surface area contributed by atoms with Gasteiger partial charge in [-0.15, -0.1) is 0 Å². The van der Waals surface area contributed by atoms with Crippen LogP contribution in [0, 0.1) is 0 Å². The Bertz CT molecular complexity index is 290. The predicted octanol–water partition coefficient (Wildman–Crippen LogP) is -0.776. The van der Waals surface area contributed by atoms with Crippen molar-refractivity contribution < 1.29 is 14.7 Å². The number of likely N-dealkylation sites (N-methyl/N-ethyl adjacent to an activating group) is 1. The van der Waals surface area contributed by atoms with E-state index in [0.29, 0.717) is 6.54 Å². The van der Waals surface area contributed by atoms with E-state index in [2.05, 4.69) is 0 Å². The van der Waals surface area contributed by atoms with Gasteiger partial charge in [-0.1, -0.05) is 0 Å². The zero-order chi connectivity index (χ0) is 11.6. The number of aliphatic hydroxyl groups is 1. The molecule has 1 rings (SSSR count). The van der Waals surface area contributed by atoms with Crippen molar-refractivity contribution in [2.24, 2.45) is 0 Å². The molecule has 0 saturated carbocycles. The Morgan fingerprint density at radius 3 is 2.20 bits per heavy atom. The lowest BCUT2D eigenvalue weighted by atomic mass is 10.1. The van der Waals surface area contributed by atoms with Gasteiger partial charge < -0.3 is 10.0 Å². The van der Waals surface area contributed by atoms with Crippen molar-refractivity contribution in [3.8, 4) is 0 Å². The minimum Gasteiger partial charge on any atom is -0.387 e. The molecule has 15 heavy (non-hydrogen) atoms. The Morgan fingerprint density at radius 1 is 1.33 bits per heavy atom. The van der Waals surface area contributed by atoms with Crippen LogP contribution in [0.15, 0.2) is 12.2 Å². The van der Waals surface area contributed by atoms with E-state index in [1.807, 2.05) is 14.1 Å². The number of hydrogen-bond acceptors (Lipinski definition) is 4. The lowest BCUT2D eigenvalue weighted by Gasteiger charge is -2.30. The summed E-state index contributed by atoms with van der Waals surface area (Å²) in [5.41, 5.74) is -1.08. The van der Waals surface area contributed by atoms with Gasteiger partial charge in [-0.2, -0.15) is 0 Å². The van der Waals surface area contributed by atoms with Gasteiger partial charge in [0.1, 0.15) is 0 Å².